The Labute approximate surface area is 144 Å². The van der Waals surface area contributed by atoms with Gasteiger partial charge in [0.1, 0.15) is 0 Å². The first-order valence-corrected chi connectivity index (χ1v) is 9.02. The van der Waals surface area contributed by atoms with E-state index < -0.39 is 0 Å². The first-order valence-electron chi connectivity index (χ1n) is 9.02. The maximum absolute atomic E-state index is 12.4. The van der Waals surface area contributed by atoms with Gasteiger partial charge in [0.25, 0.3) is 0 Å². The van der Waals surface area contributed by atoms with Crippen LogP contribution in [0.4, 0.5) is 4.79 Å². The molecule has 134 valence electrons. The molecule has 0 unspecified atom stereocenters. The molecule has 1 N–H and O–H groups in total. The highest BCUT2D eigenvalue weighted by atomic mass is 16.5. The van der Waals surface area contributed by atoms with Crippen LogP contribution in [-0.4, -0.2) is 77.4 Å². The molecule has 0 bridgehead atoms. The zero-order valence-corrected chi connectivity index (χ0v) is 14.6. The molecule has 24 heavy (non-hydrogen) atoms. The van der Waals surface area contributed by atoms with E-state index in [1.165, 1.54) is 0 Å². The van der Waals surface area contributed by atoms with Crippen molar-refractivity contribution in [1.29, 1.82) is 0 Å². The fourth-order valence-electron chi connectivity index (χ4n) is 3.53. The second kappa shape index (κ2) is 8.48. The third-order valence-corrected chi connectivity index (χ3v) is 4.94. The van der Waals surface area contributed by atoms with E-state index in [-0.39, 0.29) is 12.1 Å². The lowest BCUT2D eigenvalue weighted by Gasteiger charge is -2.36. The van der Waals surface area contributed by atoms with Crippen LogP contribution in [0.1, 0.15) is 19.8 Å². The topological polar surface area (TPSA) is 62.6 Å². The molecule has 3 heterocycles. The van der Waals surface area contributed by atoms with Gasteiger partial charge in [-0.25, -0.2) is 9.78 Å². The summed E-state index contributed by atoms with van der Waals surface area (Å²) in [7, 11) is 0. The summed E-state index contributed by atoms with van der Waals surface area (Å²) < 4.78 is 7.39. The van der Waals surface area contributed by atoms with Crippen LogP contribution in [-0.2, 0) is 11.3 Å². The van der Waals surface area contributed by atoms with Crippen molar-refractivity contribution in [3.63, 3.8) is 0 Å². The molecule has 0 aromatic carbocycles. The molecule has 2 fully saturated rings. The summed E-state index contributed by atoms with van der Waals surface area (Å²) in [5.74, 6) is 0.704. The molecule has 0 spiro atoms. The smallest absolute Gasteiger partial charge is 0.317 e. The Hall–Kier alpha value is -1.60. The zero-order chi connectivity index (χ0) is 16.8. The standard InChI is InChI=1S/C17H29N5O2/c1-15(12-21-7-4-18-14-21)19-17(23)22-5-2-16(3-6-22)13-20-8-10-24-11-9-20/h4,7,14-16H,2-3,5-6,8-13H2,1H3,(H,19,23)/t15-/m1/s1. The molecule has 7 nitrogen and oxygen atoms in total. The highest BCUT2D eigenvalue weighted by Gasteiger charge is 2.25. The van der Waals surface area contributed by atoms with E-state index in [1.54, 1.807) is 12.5 Å². The number of amides is 2. The predicted octanol–water partition coefficient (Wildman–Crippen LogP) is 1.03. The van der Waals surface area contributed by atoms with Crippen molar-refractivity contribution in [3.8, 4) is 0 Å². The molecule has 1 atom stereocenters. The van der Waals surface area contributed by atoms with Gasteiger partial charge in [-0.05, 0) is 25.7 Å². The van der Waals surface area contributed by atoms with Gasteiger partial charge in [0, 0.05) is 57.7 Å². The molecule has 0 radical (unpaired) electrons. The number of nitrogens with one attached hydrogen (secondary N) is 1. The summed E-state index contributed by atoms with van der Waals surface area (Å²) in [5.41, 5.74) is 0. The van der Waals surface area contributed by atoms with E-state index in [0.717, 1.165) is 65.3 Å². The molecule has 2 saturated heterocycles. The molecule has 2 amide bonds. The monoisotopic (exact) mass is 335 g/mol. The molecule has 1 aromatic heterocycles. The van der Waals surface area contributed by atoms with Crippen molar-refractivity contribution in [3.05, 3.63) is 18.7 Å². The van der Waals surface area contributed by atoms with Gasteiger partial charge in [0.05, 0.1) is 19.5 Å². The SMILES string of the molecule is C[C@H](Cn1ccnc1)NC(=O)N1CCC(CN2CCOCC2)CC1. The maximum atomic E-state index is 12.4. The van der Waals surface area contributed by atoms with E-state index in [0.29, 0.717) is 5.92 Å². The predicted molar refractivity (Wildman–Crippen MR) is 91.8 cm³/mol. The van der Waals surface area contributed by atoms with Gasteiger partial charge in [-0.3, -0.25) is 4.90 Å². The highest BCUT2D eigenvalue weighted by Crippen LogP contribution is 2.19. The second-order valence-electron chi connectivity index (χ2n) is 6.95. The summed E-state index contributed by atoms with van der Waals surface area (Å²) in [5, 5.41) is 3.10. The van der Waals surface area contributed by atoms with Crippen molar-refractivity contribution in [1.82, 2.24) is 24.7 Å². The van der Waals surface area contributed by atoms with Gasteiger partial charge in [-0.15, -0.1) is 0 Å². The molecule has 0 aliphatic carbocycles. The molecule has 2 aliphatic rings. The van der Waals surface area contributed by atoms with E-state index in [9.17, 15) is 4.79 Å². The Morgan fingerprint density at radius 2 is 2.04 bits per heavy atom. The summed E-state index contributed by atoms with van der Waals surface area (Å²) in [6.45, 7) is 9.46. The Morgan fingerprint density at radius 3 is 2.71 bits per heavy atom. The zero-order valence-electron chi connectivity index (χ0n) is 14.6. The van der Waals surface area contributed by atoms with Gasteiger partial charge >= 0.3 is 6.03 Å². The number of aromatic nitrogens is 2. The highest BCUT2D eigenvalue weighted by molar-refractivity contribution is 5.74. The summed E-state index contributed by atoms with van der Waals surface area (Å²) in [6.07, 6.45) is 7.65. The minimum absolute atomic E-state index is 0.0624. The van der Waals surface area contributed by atoms with E-state index in [2.05, 4.69) is 15.2 Å². The fourth-order valence-corrected chi connectivity index (χ4v) is 3.53. The maximum Gasteiger partial charge on any atom is 0.317 e. The minimum atomic E-state index is 0.0624. The van der Waals surface area contributed by atoms with Crippen molar-refractivity contribution >= 4 is 6.03 Å². The number of ether oxygens (including phenoxy) is 1. The largest absolute Gasteiger partial charge is 0.379 e. The molecular formula is C17H29N5O2. The van der Waals surface area contributed by atoms with Crippen LogP contribution < -0.4 is 5.32 Å². The molecule has 0 saturated carbocycles. The number of rotatable bonds is 5. The lowest BCUT2D eigenvalue weighted by atomic mass is 9.96. The van der Waals surface area contributed by atoms with Crippen LogP contribution >= 0.6 is 0 Å². The van der Waals surface area contributed by atoms with Crippen LogP contribution in [0.3, 0.4) is 0 Å². The van der Waals surface area contributed by atoms with Crippen molar-refractivity contribution in [2.45, 2.75) is 32.4 Å². The second-order valence-corrected chi connectivity index (χ2v) is 6.95. The van der Waals surface area contributed by atoms with Gasteiger partial charge < -0.3 is 19.5 Å². The van der Waals surface area contributed by atoms with Crippen LogP contribution in [0.25, 0.3) is 0 Å². The number of piperidine rings is 1. The lowest BCUT2D eigenvalue weighted by Crippen LogP contribution is -2.49. The first-order chi connectivity index (χ1) is 11.7. The summed E-state index contributed by atoms with van der Waals surface area (Å²) >= 11 is 0. The van der Waals surface area contributed by atoms with E-state index in [1.807, 2.05) is 22.6 Å². The van der Waals surface area contributed by atoms with Crippen molar-refractivity contribution in [2.75, 3.05) is 45.9 Å². The number of hydrogen-bond acceptors (Lipinski definition) is 4. The van der Waals surface area contributed by atoms with E-state index in [4.69, 9.17) is 4.74 Å². The number of urea groups is 1. The quantitative estimate of drug-likeness (QED) is 0.873. The normalized spacial score (nSPS) is 21.6. The number of morpholine rings is 1. The van der Waals surface area contributed by atoms with Crippen LogP contribution in [0, 0.1) is 5.92 Å². The average molecular weight is 335 g/mol. The third-order valence-electron chi connectivity index (χ3n) is 4.94. The van der Waals surface area contributed by atoms with Gasteiger partial charge in [0.15, 0.2) is 0 Å². The van der Waals surface area contributed by atoms with E-state index >= 15 is 0 Å². The van der Waals surface area contributed by atoms with Crippen LogP contribution in [0.5, 0.6) is 0 Å². The third kappa shape index (κ3) is 4.95. The number of carbonyl (C=O) groups is 1. The fraction of sp³-hybridized carbons (Fsp3) is 0.765. The summed E-state index contributed by atoms with van der Waals surface area (Å²) in [6, 6.07) is 0.158. The van der Waals surface area contributed by atoms with Gasteiger partial charge in [-0.1, -0.05) is 0 Å². The number of hydrogen-bond donors (Lipinski definition) is 1. The van der Waals surface area contributed by atoms with Crippen LogP contribution in [0.15, 0.2) is 18.7 Å². The Balaban J connectivity index is 1.36. The first kappa shape index (κ1) is 17.2. The molecule has 2 aliphatic heterocycles. The molecule has 3 rings (SSSR count). The summed E-state index contributed by atoms with van der Waals surface area (Å²) in [4.78, 5) is 20.9. The Bertz CT molecular complexity index is 493. The lowest BCUT2D eigenvalue weighted by molar-refractivity contribution is 0.0258. The van der Waals surface area contributed by atoms with Crippen LogP contribution in [0.2, 0.25) is 0 Å². The molecule has 7 heteroatoms. The molecular weight excluding hydrogens is 306 g/mol. The van der Waals surface area contributed by atoms with Gasteiger partial charge in [-0.2, -0.15) is 0 Å². The number of likely N-dealkylation sites (tertiary alicyclic amines) is 1. The average Bonchev–Trinajstić information content (AvgIpc) is 3.09. The Morgan fingerprint density at radius 1 is 1.29 bits per heavy atom. The molecule has 1 aromatic rings. The van der Waals surface area contributed by atoms with Crippen molar-refractivity contribution < 1.29 is 9.53 Å². The number of carbonyl (C=O) groups excluding carboxylic acids is 1. The Kier molecular flexibility index (Phi) is 6.09. The minimum Gasteiger partial charge on any atom is -0.379 e. The van der Waals surface area contributed by atoms with Crippen molar-refractivity contribution in [2.24, 2.45) is 5.92 Å². The van der Waals surface area contributed by atoms with Gasteiger partial charge in [0.2, 0.25) is 0 Å². The number of nitrogens with zero attached hydrogens (tertiary/aromatic N) is 4. The number of imidazole rings is 1.